The van der Waals surface area contributed by atoms with Crippen molar-refractivity contribution in [2.24, 2.45) is 0 Å². The van der Waals surface area contributed by atoms with E-state index in [0.29, 0.717) is 11.4 Å². The molecule has 1 aromatic rings. The number of allylic oxidation sites excluding steroid dienone is 1. The summed E-state index contributed by atoms with van der Waals surface area (Å²) in [6.07, 6.45) is 4.75. The van der Waals surface area contributed by atoms with Gasteiger partial charge >= 0.3 is 0 Å². The van der Waals surface area contributed by atoms with Crippen LogP contribution in [0.1, 0.15) is 18.3 Å². The largest absolute Gasteiger partial charge is 0.128 e. The highest BCUT2D eigenvalue weighted by molar-refractivity contribution is 5.57. The van der Waals surface area contributed by atoms with Crippen LogP contribution >= 0.6 is 0 Å². The highest BCUT2D eigenvalue weighted by atomic mass is 19.2. The van der Waals surface area contributed by atoms with E-state index in [1.54, 1.807) is 19.1 Å². The van der Waals surface area contributed by atoms with E-state index in [1.807, 2.05) is 0 Å². The minimum Gasteiger partial charge on any atom is -0.128 e. The maximum Gasteiger partial charge on any atom is 0.124 e. The van der Waals surface area contributed by atoms with Gasteiger partial charge < -0.3 is 0 Å². The Balaban J connectivity index is 3.17. The molecule has 0 atom stereocenters. The first-order valence-electron chi connectivity index (χ1n) is 3.16. The molecule has 0 unspecified atom stereocenters. The van der Waals surface area contributed by atoms with E-state index < -0.39 is 0 Å². The fraction of sp³-hybridized carbons (Fsp3) is 0.143. The topological polar surface area (TPSA) is 30.7 Å². The minimum atomic E-state index is 0.219. The van der Waals surface area contributed by atoms with E-state index in [2.05, 4.69) is 16.9 Å². The fourth-order valence-electron chi connectivity index (χ4n) is 0.732. The normalized spacial score (nSPS) is 10.7. The lowest BCUT2D eigenvalue weighted by Crippen LogP contribution is -1.87. The van der Waals surface area contributed by atoms with Crippen LogP contribution < -0.4 is 0 Å². The van der Waals surface area contributed by atoms with Gasteiger partial charge in [0.1, 0.15) is 11.4 Å². The van der Waals surface area contributed by atoms with Crippen LogP contribution in [-0.4, -0.2) is 15.2 Å². The van der Waals surface area contributed by atoms with Crippen LogP contribution in [-0.2, 0) is 0 Å². The maximum absolute atomic E-state index is 12.6. The molecule has 0 fully saturated rings. The number of hydrogen-bond acceptors (Lipinski definition) is 2. The molecule has 0 aliphatic carbocycles. The third-order valence-corrected chi connectivity index (χ3v) is 1.21. The van der Waals surface area contributed by atoms with Gasteiger partial charge in [-0.05, 0) is 24.3 Å². The van der Waals surface area contributed by atoms with E-state index in [1.165, 1.54) is 6.08 Å². The highest BCUT2D eigenvalue weighted by Gasteiger charge is 2.04. The molecule has 1 rings (SSSR count). The van der Waals surface area contributed by atoms with Crippen LogP contribution in [0.25, 0.3) is 12.2 Å². The zero-order chi connectivity index (χ0) is 8.27. The van der Waals surface area contributed by atoms with Crippen molar-refractivity contribution in [3.63, 3.8) is 0 Å². The van der Waals surface area contributed by atoms with Crippen molar-refractivity contribution in [2.45, 2.75) is 6.92 Å². The number of halogens is 1. The summed E-state index contributed by atoms with van der Waals surface area (Å²) < 4.78 is 12.6. The van der Waals surface area contributed by atoms with Gasteiger partial charge in [0.15, 0.2) is 0 Å². The van der Waals surface area contributed by atoms with Crippen LogP contribution in [0, 0.1) is 0 Å². The second-order valence-electron chi connectivity index (χ2n) is 1.92. The third-order valence-electron chi connectivity index (χ3n) is 1.21. The number of hydrogen-bond donors (Lipinski definition) is 0. The van der Waals surface area contributed by atoms with Gasteiger partial charge in [-0.1, -0.05) is 22.0 Å². The van der Waals surface area contributed by atoms with Gasteiger partial charge in [-0.15, -0.1) is 5.10 Å². The summed E-state index contributed by atoms with van der Waals surface area (Å²) in [6.45, 7) is 5.26. The molecule has 0 N–H and O–H groups in total. The van der Waals surface area contributed by atoms with Gasteiger partial charge in [-0.2, -0.15) is 0 Å². The molecule has 1 heterocycles. The first-order valence-corrected chi connectivity index (χ1v) is 3.16. The minimum absolute atomic E-state index is 0.219. The summed E-state index contributed by atoms with van der Waals surface area (Å²) in [5.41, 5.74) is 0.771. The Hall–Kier alpha value is -1.45. The molecule has 0 amide bonds. The molecular formula is C7H8FN3. The highest BCUT2D eigenvalue weighted by Crippen LogP contribution is 2.08. The van der Waals surface area contributed by atoms with Crippen LogP contribution in [0.2, 0.25) is 0 Å². The Bertz CT molecular complexity index is 288. The van der Waals surface area contributed by atoms with Crippen molar-refractivity contribution in [3.8, 4) is 0 Å². The Morgan fingerprint density at radius 3 is 2.91 bits per heavy atom. The van der Waals surface area contributed by atoms with Crippen LogP contribution in [0.15, 0.2) is 12.7 Å². The second-order valence-corrected chi connectivity index (χ2v) is 1.92. The van der Waals surface area contributed by atoms with Crippen LogP contribution in [0.5, 0.6) is 0 Å². The first-order chi connectivity index (χ1) is 5.29. The predicted molar refractivity (Wildman–Crippen MR) is 41.3 cm³/mol. The summed E-state index contributed by atoms with van der Waals surface area (Å²) in [5, 5.41) is 6.70. The van der Waals surface area contributed by atoms with Gasteiger partial charge in [0.05, 0.1) is 0 Å². The summed E-state index contributed by atoms with van der Waals surface area (Å²) in [4.78, 5) is 0.219. The van der Waals surface area contributed by atoms with E-state index >= 15 is 0 Å². The first kappa shape index (κ1) is 7.65. The molecule has 0 spiro atoms. The molecule has 3 nitrogen and oxygen atoms in total. The molecule has 0 aliphatic rings. The average Bonchev–Trinajstić information content (AvgIpc) is 2.34. The van der Waals surface area contributed by atoms with E-state index in [0.717, 1.165) is 0 Å². The molecule has 0 saturated carbocycles. The molecule has 4 heteroatoms. The Kier molecular flexibility index (Phi) is 2.15. The lowest BCUT2D eigenvalue weighted by atomic mass is 10.3. The van der Waals surface area contributed by atoms with Gasteiger partial charge in [-0.25, -0.2) is 0 Å². The molecule has 58 valence electrons. The smallest absolute Gasteiger partial charge is 0.124 e. The van der Waals surface area contributed by atoms with Gasteiger partial charge in [0.2, 0.25) is 0 Å². The molecule has 11 heavy (non-hydrogen) atoms. The zero-order valence-corrected chi connectivity index (χ0v) is 6.16. The van der Waals surface area contributed by atoms with Gasteiger partial charge in [0, 0.05) is 0 Å². The third kappa shape index (κ3) is 1.34. The molecule has 0 aromatic carbocycles. The van der Waals surface area contributed by atoms with E-state index in [9.17, 15) is 4.48 Å². The predicted octanol–water partition coefficient (Wildman–Crippen LogP) is 1.69. The Morgan fingerprint density at radius 1 is 1.64 bits per heavy atom. The second kappa shape index (κ2) is 3.09. The fourth-order valence-corrected chi connectivity index (χ4v) is 0.732. The van der Waals surface area contributed by atoms with Crippen molar-refractivity contribution in [1.82, 2.24) is 15.2 Å². The van der Waals surface area contributed by atoms with E-state index in [4.69, 9.17) is 0 Å². The summed E-state index contributed by atoms with van der Waals surface area (Å²) in [6, 6.07) is 0. The Labute approximate surface area is 63.8 Å². The van der Waals surface area contributed by atoms with Crippen molar-refractivity contribution in [3.05, 3.63) is 24.0 Å². The molecule has 0 saturated heterocycles. The van der Waals surface area contributed by atoms with Crippen LogP contribution in [0.4, 0.5) is 4.48 Å². The molecule has 1 aromatic heterocycles. The van der Waals surface area contributed by atoms with Gasteiger partial charge in [-0.3, -0.25) is 0 Å². The zero-order valence-electron chi connectivity index (χ0n) is 6.16. The number of aromatic nitrogens is 3. The average molecular weight is 153 g/mol. The van der Waals surface area contributed by atoms with Crippen LogP contribution in [0.3, 0.4) is 0 Å². The van der Waals surface area contributed by atoms with Gasteiger partial charge in [0.25, 0.3) is 0 Å². The lowest BCUT2D eigenvalue weighted by molar-refractivity contribution is 0.303. The number of nitrogens with zero attached hydrogens (tertiary/aromatic N) is 3. The maximum atomic E-state index is 12.6. The monoisotopic (exact) mass is 153 g/mol. The van der Waals surface area contributed by atoms with Crippen molar-refractivity contribution in [2.75, 3.05) is 0 Å². The Morgan fingerprint density at radius 2 is 2.36 bits per heavy atom. The molecule has 0 bridgehead atoms. The number of rotatable bonds is 2. The quantitative estimate of drug-likeness (QED) is 0.647. The summed E-state index contributed by atoms with van der Waals surface area (Å²) in [5.74, 6) is 0. The molecule has 0 radical (unpaired) electrons. The van der Waals surface area contributed by atoms with E-state index in [-0.39, 0.29) is 4.90 Å². The van der Waals surface area contributed by atoms with Crippen molar-refractivity contribution < 1.29 is 4.48 Å². The van der Waals surface area contributed by atoms with Crippen molar-refractivity contribution in [1.29, 1.82) is 0 Å². The standard InChI is InChI=1S/C7H8FN3/c1-3-5-7-6(4-2)9-10-11(7)8/h3-5H,2H2,1H3/b5-3-. The molecule has 0 aliphatic heterocycles. The molecular weight excluding hydrogens is 145 g/mol. The van der Waals surface area contributed by atoms with Crippen molar-refractivity contribution >= 4 is 12.2 Å². The summed E-state index contributed by atoms with van der Waals surface area (Å²) in [7, 11) is 0. The SMILES string of the molecule is C=Cc1nnn(F)c1/C=C\C. The lowest BCUT2D eigenvalue weighted by Gasteiger charge is -1.87. The summed E-state index contributed by atoms with van der Waals surface area (Å²) >= 11 is 0.